The zero-order valence-corrected chi connectivity index (χ0v) is 12.9. The van der Waals surface area contributed by atoms with Gasteiger partial charge in [-0.05, 0) is 36.8 Å². The minimum Gasteiger partial charge on any atom is -0.497 e. The number of halogens is 1. The Labute approximate surface area is 124 Å². The molecule has 3 rings (SSSR count). The third-order valence-corrected chi connectivity index (χ3v) is 4.64. The van der Waals surface area contributed by atoms with E-state index in [1.54, 1.807) is 7.11 Å². The maximum atomic E-state index is 6.08. The molecule has 1 saturated carbocycles. The van der Waals surface area contributed by atoms with Crippen molar-refractivity contribution in [1.29, 1.82) is 0 Å². The molecule has 0 amide bonds. The first-order valence-electron chi connectivity index (χ1n) is 7.30. The van der Waals surface area contributed by atoms with Gasteiger partial charge in [-0.15, -0.1) is 11.6 Å². The Morgan fingerprint density at radius 1 is 1.40 bits per heavy atom. The fraction of sp³-hybridized carbons (Fsp3) is 0.562. The van der Waals surface area contributed by atoms with Crippen LogP contribution in [0.4, 0.5) is 0 Å². The zero-order chi connectivity index (χ0) is 14.1. The number of rotatable bonds is 4. The van der Waals surface area contributed by atoms with Crippen LogP contribution in [0.15, 0.2) is 18.2 Å². The number of hydrogen-bond donors (Lipinski definition) is 0. The Morgan fingerprint density at radius 3 is 2.90 bits per heavy atom. The van der Waals surface area contributed by atoms with Crippen LogP contribution >= 0.6 is 11.6 Å². The smallest absolute Gasteiger partial charge is 0.124 e. The third-order valence-electron chi connectivity index (χ3n) is 4.40. The van der Waals surface area contributed by atoms with E-state index in [4.69, 9.17) is 16.3 Å². The molecule has 0 spiro atoms. The predicted molar refractivity (Wildman–Crippen MR) is 82.3 cm³/mol. The molecule has 2 aromatic rings. The van der Waals surface area contributed by atoms with Crippen molar-refractivity contribution in [2.45, 2.75) is 38.6 Å². The van der Waals surface area contributed by atoms with Crippen LogP contribution in [0.3, 0.4) is 0 Å². The Balaban J connectivity index is 1.95. The number of benzene rings is 1. The first-order valence-corrected chi connectivity index (χ1v) is 7.83. The summed E-state index contributed by atoms with van der Waals surface area (Å²) in [7, 11) is 1.68. The van der Waals surface area contributed by atoms with Crippen molar-refractivity contribution in [3.8, 4) is 5.75 Å². The van der Waals surface area contributed by atoms with Gasteiger partial charge in [0.2, 0.25) is 0 Å². The lowest BCUT2D eigenvalue weighted by Gasteiger charge is -2.13. The largest absolute Gasteiger partial charge is 0.497 e. The van der Waals surface area contributed by atoms with E-state index >= 15 is 0 Å². The van der Waals surface area contributed by atoms with E-state index in [-0.39, 0.29) is 0 Å². The van der Waals surface area contributed by atoms with Crippen LogP contribution in [0.1, 0.15) is 32.0 Å². The molecular weight excluding hydrogens is 272 g/mol. The second-order valence-corrected chi connectivity index (χ2v) is 6.18. The number of nitrogens with zero attached hydrogens (tertiary/aromatic N) is 2. The molecule has 0 N–H and O–H groups in total. The molecule has 4 heteroatoms. The zero-order valence-electron chi connectivity index (χ0n) is 12.1. The molecule has 1 aromatic carbocycles. The van der Waals surface area contributed by atoms with Gasteiger partial charge in [0.15, 0.2) is 0 Å². The van der Waals surface area contributed by atoms with E-state index in [0.717, 1.165) is 35.5 Å². The van der Waals surface area contributed by atoms with Crippen LogP contribution in [0, 0.1) is 11.8 Å². The fourth-order valence-electron chi connectivity index (χ4n) is 3.34. The van der Waals surface area contributed by atoms with Crippen molar-refractivity contribution in [2.24, 2.45) is 11.8 Å². The predicted octanol–water partition coefficient (Wildman–Crippen LogP) is 4.22. The number of imidazole rings is 1. The maximum absolute atomic E-state index is 6.08. The van der Waals surface area contributed by atoms with Gasteiger partial charge in [0.05, 0.1) is 24.0 Å². The van der Waals surface area contributed by atoms with Crippen LogP contribution in [0.25, 0.3) is 11.0 Å². The van der Waals surface area contributed by atoms with Crippen molar-refractivity contribution < 1.29 is 4.74 Å². The van der Waals surface area contributed by atoms with Gasteiger partial charge in [0, 0.05) is 12.6 Å². The Kier molecular flexibility index (Phi) is 3.88. The van der Waals surface area contributed by atoms with Gasteiger partial charge >= 0.3 is 0 Å². The van der Waals surface area contributed by atoms with E-state index in [1.165, 1.54) is 24.8 Å². The van der Waals surface area contributed by atoms with Crippen LogP contribution in [0.2, 0.25) is 0 Å². The summed E-state index contributed by atoms with van der Waals surface area (Å²) >= 11 is 6.08. The highest BCUT2D eigenvalue weighted by Crippen LogP contribution is 2.33. The third kappa shape index (κ3) is 2.51. The molecule has 2 atom stereocenters. The van der Waals surface area contributed by atoms with Gasteiger partial charge in [-0.3, -0.25) is 0 Å². The Bertz CT molecular complexity index is 608. The van der Waals surface area contributed by atoms with Crippen molar-refractivity contribution in [3.63, 3.8) is 0 Å². The monoisotopic (exact) mass is 292 g/mol. The molecule has 0 saturated heterocycles. The van der Waals surface area contributed by atoms with Gasteiger partial charge < -0.3 is 9.30 Å². The van der Waals surface area contributed by atoms with Crippen molar-refractivity contribution in [3.05, 3.63) is 24.0 Å². The van der Waals surface area contributed by atoms with E-state index in [9.17, 15) is 0 Å². The first-order chi connectivity index (χ1) is 9.71. The van der Waals surface area contributed by atoms with Gasteiger partial charge in [0.1, 0.15) is 11.6 Å². The lowest BCUT2D eigenvalue weighted by molar-refractivity contribution is 0.415. The maximum Gasteiger partial charge on any atom is 0.124 e. The molecule has 0 bridgehead atoms. The SMILES string of the molecule is COc1ccc2c(c1)nc(CCl)n2CC1CCC(C)C1. The summed E-state index contributed by atoms with van der Waals surface area (Å²) in [5, 5.41) is 0. The molecule has 20 heavy (non-hydrogen) atoms. The first kappa shape index (κ1) is 13.7. The lowest BCUT2D eigenvalue weighted by Crippen LogP contribution is -2.10. The van der Waals surface area contributed by atoms with Crippen LogP contribution in [0.5, 0.6) is 5.75 Å². The minimum absolute atomic E-state index is 0.458. The summed E-state index contributed by atoms with van der Waals surface area (Å²) in [5.74, 6) is 3.88. The average Bonchev–Trinajstić information content (AvgIpc) is 3.02. The Morgan fingerprint density at radius 2 is 2.25 bits per heavy atom. The second kappa shape index (κ2) is 5.65. The highest BCUT2D eigenvalue weighted by Gasteiger charge is 2.23. The number of ether oxygens (including phenoxy) is 1. The molecule has 1 aliphatic rings. The normalized spacial score (nSPS) is 22.6. The Hall–Kier alpha value is -1.22. The number of hydrogen-bond acceptors (Lipinski definition) is 2. The fourth-order valence-corrected chi connectivity index (χ4v) is 3.55. The molecule has 108 valence electrons. The van der Waals surface area contributed by atoms with Crippen LogP contribution in [-0.2, 0) is 12.4 Å². The van der Waals surface area contributed by atoms with Crippen LogP contribution in [-0.4, -0.2) is 16.7 Å². The number of aromatic nitrogens is 2. The summed E-state index contributed by atoms with van der Waals surface area (Å²) in [6, 6.07) is 6.07. The summed E-state index contributed by atoms with van der Waals surface area (Å²) in [5.41, 5.74) is 2.15. The average molecular weight is 293 g/mol. The van der Waals surface area contributed by atoms with Crippen molar-refractivity contribution >= 4 is 22.6 Å². The van der Waals surface area contributed by atoms with E-state index in [1.807, 2.05) is 12.1 Å². The molecular formula is C16H21ClN2O. The van der Waals surface area contributed by atoms with Crippen molar-refractivity contribution in [1.82, 2.24) is 9.55 Å². The van der Waals surface area contributed by atoms with Gasteiger partial charge in [-0.1, -0.05) is 13.3 Å². The van der Waals surface area contributed by atoms with E-state index in [2.05, 4.69) is 22.5 Å². The molecule has 0 radical (unpaired) electrons. The molecule has 0 aliphatic heterocycles. The number of methoxy groups -OCH3 is 1. The number of fused-ring (bicyclic) bond motifs is 1. The summed E-state index contributed by atoms with van der Waals surface area (Å²) < 4.78 is 7.57. The van der Waals surface area contributed by atoms with Gasteiger partial charge in [0.25, 0.3) is 0 Å². The standard InChI is InChI=1S/C16H21ClN2O/c1-11-3-4-12(7-11)10-19-15-6-5-13(20-2)8-14(15)18-16(19)9-17/h5-6,8,11-12H,3-4,7,9-10H2,1-2H3. The topological polar surface area (TPSA) is 27.1 Å². The molecule has 1 aliphatic carbocycles. The molecule has 2 unspecified atom stereocenters. The van der Waals surface area contributed by atoms with Crippen LogP contribution < -0.4 is 4.74 Å². The summed E-state index contributed by atoms with van der Waals surface area (Å²) in [6.07, 6.45) is 3.98. The van der Waals surface area contributed by atoms with E-state index in [0.29, 0.717) is 5.88 Å². The van der Waals surface area contributed by atoms with Gasteiger partial charge in [-0.25, -0.2) is 4.98 Å². The molecule has 1 aromatic heterocycles. The van der Waals surface area contributed by atoms with Crippen molar-refractivity contribution in [2.75, 3.05) is 7.11 Å². The molecule has 3 nitrogen and oxygen atoms in total. The van der Waals surface area contributed by atoms with E-state index < -0.39 is 0 Å². The second-order valence-electron chi connectivity index (χ2n) is 5.91. The quantitative estimate of drug-likeness (QED) is 0.789. The number of alkyl halides is 1. The lowest BCUT2D eigenvalue weighted by atomic mass is 10.1. The highest BCUT2D eigenvalue weighted by atomic mass is 35.5. The summed E-state index contributed by atoms with van der Waals surface area (Å²) in [4.78, 5) is 4.65. The molecule has 1 heterocycles. The summed E-state index contributed by atoms with van der Waals surface area (Å²) in [6.45, 7) is 3.38. The molecule has 1 fully saturated rings. The van der Waals surface area contributed by atoms with Gasteiger partial charge in [-0.2, -0.15) is 0 Å². The highest BCUT2D eigenvalue weighted by molar-refractivity contribution is 6.16. The minimum atomic E-state index is 0.458.